The Morgan fingerprint density at radius 1 is 1.05 bits per heavy atom. The first-order valence-corrected chi connectivity index (χ1v) is 7.40. The lowest BCUT2D eigenvalue weighted by atomic mass is 9.82. The number of allylic oxidation sites excluding steroid dienone is 4. The quantitative estimate of drug-likeness (QED) is 0.670. The maximum Gasteiger partial charge on any atom is 0.151 e. The van der Waals surface area contributed by atoms with Gasteiger partial charge in [-0.15, -0.1) is 0 Å². The molecule has 2 aromatic rings. The lowest BCUT2D eigenvalue weighted by Crippen LogP contribution is -2.09. The van der Waals surface area contributed by atoms with E-state index in [1.165, 1.54) is 11.1 Å². The van der Waals surface area contributed by atoms with Crippen molar-refractivity contribution in [1.82, 2.24) is 0 Å². The van der Waals surface area contributed by atoms with E-state index in [9.17, 15) is 4.79 Å². The molecule has 0 saturated carbocycles. The second-order valence-corrected chi connectivity index (χ2v) is 6.61. The van der Waals surface area contributed by atoms with E-state index >= 15 is 0 Å². The van der Waals surface area contributed by atoms with Gasteiger partial charge < -0.3 is 0 Å². The van der Waals surface area contributed by atoms with Gasteiger partial charge in [0.1, 0.15) is 0 Å². The molecule has 0 unspecified atom stereocenters. The highest BCUT2D eigenvalue weighted by atomic mass is 16.1. The van der Waals surface area contributed by atoms with Crippen LogP contribution in [-0.2, 0) is 0 Å². The van der Waals surface area contributed by atoms with Crippen molar-refractivity contribution in [3.8, 4) is 0 Å². The molecule has 0 aromatic heterocycles. The molecule has 0 saturated heterocycles. The summed E-state index contributed by atoms with van der Waals surface area (Å²) in [5.74, 6) is 0. The van der Waals surface area contributed by atoms with E-state index in [4.69, 9.17) is 0 Å². The first kappa shape index (κ1) is 13.8. The number of hydrogen-bond acceptors (Lipinski definition) is 1. The Labute approximate surface area is 126 Å². The highest BCUT2D eigenvalue weighted by Crippen LogP contribution is 2.41. The summed E-state index contributed by atoms with van der Waals surface area (Å²) in [5, 5.41) is 2.16. The van der Waals surface area contributed by atoms with Crippen LogP contribution in [0.25, 0.3) is 16.3 Å². The van der Waals surface area contributed by atoms with Crippen LogP contribution in [0.15, 0.2) is 54.1 Å². The van der Waals surface area contributed by atoms with Crippen LogP contribution in [0.5, 0.6) is 0 Å². The maximum absolute atomic E-state index is 11.7. The molecule has 0 aliphatic heterocycles. The van der Waals surface area contributed by atoms with E-state index in [1.807, 2.05) is 18.2 Å². The highest BCUT2D eigenvalue weighted by Gasteiger charge is 2.24. The standard InChI is InChI=1S/C20H20O/c1-20(2,3)19-10-6-9-17(19)16-12-11-14-7-4-5-8-15(14)18(16)13-21/h4-8,10-13H,9H2,1-3H3. The van der Waals surface area contributed by atoms with Gasteiger partial charge in [0.05, 0.1) is 0 Å². The molecule has 1 heteroatoms. The summed E-state index contributed by atoms with van der Waals surface area (Å²) < 4.78 is 0. The zero-order chi connectivity index (χ0) is 15.0. The number of hydrogen-bond donors (Lipinski definition) is 0. The molecule has 0 bridgehead atoms. The summed E-state index contributed by atoms with van der Waals surface area (Å²) in [6.07, 6.45) is 6.31. The van der Waals surface area contributed by atoms with E-state index in [-0.39, 0.29) is 5.41 Å². The average Bonchev–Trinajstić information content (AvgIpc) is 2.95. The molecule has 106 valence electrons. The van der Waals surface area contributed by atoms with E-state index in [0.29, 0.717) is 0 Å². The zero-order valence-corrected chi connectivity index (χ0v) is 12.8. The highest BCUT2D eigenvalue weighted by molar-refractivity contribution is 6.03. The minimum absolute atomic E-state index is 0.0914. The molecule has 0 heterocycles. The fourth-order valence-electron chi connectivity index (χ4n) is 3.15. The molecule has 0 N–H and O–H groups in total. The van der Waals surface area contributed by atoms with Crippen molar-refractivity contribution in [2.24, 2.45) is 5.41 Å². The monoisotopic (exact) mass is 276 g/mol. The summed E-state index contributed by atoms with van der Waals surface area (Å²) in [6.45, 7) is 6.67. The van der Waals surface area contributed by atoms with Gasteiger partial charge in [0, 0.05) is 5.56 Å². The van der Waals surface area contributed by atoms with Crippen LogP contribution in [-0.4, -0.2) is 6.29 Å². The Hall–Kier alpha value is -2.15. The van der Waals surface area contributed by atoms with Crippen molar-refractivity contribution in [2.75, 3.05) is 0 Å². The Morgan fingerprint density at radius 2 is 1.81 bits per heavy atom. The van der Waals surface area contributed by atoms with Crippen molar-refractivity contribution in [1.29, 1.82) is 0 Å². The smallest absolute Gasteiger partial charge is 0.151 e. The van der Waals surface area contributed by atoms with Gasteiger partial charge in [-0.05, 0) is 39.3 Å². The van der Waals surface area contributed by atoms with Gasteiger partial charge in [0.15, 0.2) is 6.29 Å². The van der Waals surface area contributed by atoms with E-state index in [1.54, 1.807) is 0 Å². The Balaban J connectivity index is 2.29. The molecule has 3 rings (SSSR count). The lowest BCUT2D eigenvalue weighted by Gasteiger charge is -2.23. The van der Waals surface area contributed by atoms with Crippen LogP contribution < -0.4 is 0 Å². The molecule has 0 fully saturated rings. The van der Waals surface area contributed by atoms with Crippen LogP contribution in [0, 0.1) is 5.41 Å². The third-order valence-electron chi connectivity index (χ3n) is 4.15. The summed E-state index contributed by atoms with van der Waals surface area (Å²) in [7, 11) is 0. The van der Waals surface area contributed by atoms with Crippen molar-refractivity contribution in [2.45, 2.75) is 27.2 Å². The largest absolute Gasteiger partial charge is 0.298 e. The van der Waals surface area contributed by atoms with E-state index in [2.05, 4.69) is 51.1 Å². The number of fused-ring (bicyclic) bond motifs is 1. The Bertz CT molecular complexity index is 770. The van der Waals surface area contributed by atoms with E-state index < -0.39 is 0 Å². The second kappa shape index (κ2) is 5.00. The van der Waals surface area contributed by atoms with Gasteiger partial charge in [-0.1, -0.05) is 69.3 Å². The fourth-order valence-corrected chi connectivity index (χ4v) is 3.15. The SMILES string of the molecule is CC(C)(C)C1=C(c2ccc3ccccc3c2C=O)CC=C1. The van der Waals surface area contributed by atoms with Gasteiger partial charge >= 0.3 is 0 Å². The van der Waals surface area contributed by atoms with Gasteiger partial charge in [0.2, 0.25) is 0 Å². The number of carbonyl (C=O) groups is 1. The van der Waals surface area contributed by atoms with Gasteiger partial charge in [0.25, 0.3) is 0 Å². The minimum Gasteiger partial charge on any atom is -0.298 e. The fraction of sp³-hybridized carbons (Fsp3) is 0.250. The summed E-state index contributed by atoms with van der Waals surface area (Å²) in [5.41, 5.74) is 4.61. The maximum atomic E-state index is 11.7. The molecule has 1 aliphatic rings. The lowest BCUT2D eigenvalue weighted by molar-refractivity contribution is 0.112. The van der Waals surface area contributed by atoms with E-state index in [0.717, 1.165) is 34.6 Å². The summed E-state index contributed by atoms with van der Waals surface area (Å²) >= 11 is 0. The molecule has 2 aromatic carbocycles. The van der Waals surface area contributed by atoms with Crippen molar-refractivity contribution < 1.29 is 4.79 Å². The summed E-state index contributed by atoms with van der Waals surface area (Å²) in [4.78, 5) is 11.7. The molecule has 21 heavy (non-hydrogen) atoms. The number of rotatable bonds is 2. The molecule has 0 radical (unpaired) electrons. The van der Waals surface area contributed by atoms with Gasteiger partial charge in [-0.2, -0.15) is 0 Å². The number of benzene rings is 2. The summed E-state index contributed by atoms with van der Waals surface area (Å²) in [6, 6.07) is 12.3. The predicted octanol–water partition coefficient (Wildman–Crippen LogP) is 5.41. The molecule has 1 aliphatic carbocycles. The topological polar surface area (TPSA) is 17.1 Å². The molecule has 0 spiro atoms. The van der Waals surface area contributed by atoms with Crippen molar-refractivity contribution >= 4 is 22.6 Å². The number of carbonyl (C=O) groups excluding carboxylic acids is 1. The van der Waals surface area contributed by atoms with Crippen LogP contribution in [0.1, 0.15) is 43.1 Å². The second-order valence-electron chi connectivity index (χ2n) is 6.61. The normalized spacial score (nSPS) is 15.0. The van der Waals surface area contributed by atoms with Gasteiger partial charge in [-0.25, -0.2) is 0 Å². The van der Waals surface area contributed by atoms with Crippen molar-refractivity contribution in [3.63, 3.8) is 0 Å². The van der Waals surface area contributed by atoms with Crippen LogP contribution in [0.2, 0.25) is 0 Å². The zero-order valence-electron chi connectivity index (χ0n) is 12.8. The molecule has 1 nitrogen and oxygen atoms in total. The molecule has 0 atom stereocenters. The molecular formula is C20H20O. The van der Waals surface area contributed by atoms with Crippen molar-refractivity contribution in [3.05, 3.63) is 65.3 Å². The third-order valence-corrected chi connectivity index (χ3v) is 4.15. The number of aldehydes is 1. The third kappa shape index (κ3) is 2.33. The predicted molar refractivity (Wildman–Crippen MR) is 89.5 cm³/mol. The van der Waals surface area contributed by atoms with Gasteiger partial charge in [-0.3, -0.25) is 4.79 Å². The Morgan fingerprint density at radius 3 is 2.52 bits per heavy atom. The van der Waals surface area contributed by atoms with Crippen LogP contribution >= 0.6 is 0 Å². The molecule has 0 amide bonds. The minimum atomic E-state index is 0.0914. The Kier molecular flexibility index (Phi) is 3.29. The van der Waals surface area contributed by atoms with Crippen LogP contribution in [0.3, 0.4) is 0 Å². The average molecular weight is 276 g/mol. The van der Waals surface area contributed by atoms with Crippen LogP contribution in [0.4, 0.5) is 0 Å². The first-order valence-electron chi connectivity index (χ1n) is 7.40. The first-order chi connectivity index (χ1) is 10.0. The molecular weight excluding hydrogens is 256 g/mol.